The fourth-order valence-corrected chi connectivity index (χ4v) is 2.83. The van der Waals surface area contributed by atoms with Crippen molar-refractivity contribution in [3.8, 4) is 0 Å². The van der Waals surface area contributed by atoms with Crippen molar-refractivity contribution in [1.29, 1.82) is 0 Å². The topological polar surface area (TPSA) is 67.9 Å². The first kappa shape index (κ1) is 20.2. The van der Waals surface area contributed by atoms with E-state index < -0.39 is 0 Å². The third kappa shape index (κ3) is 6.88. The molecule has 0 bridgehead atoms. The molecule has 3 atom stereocenters. The van der Waals surface area contributed by atoms with Crippen LogP contribution in [0.25, 0.3) is 0 Å². The molecule has 3 unspecified atom stereocenters. The normalized spacial score (nSPS) is 29.5. The average Bonchev–Trinajstić information content (AvgIpc) is 3.36. The first-order valence-corrected chi connectivity index (χ1v) is 9.56. The summed E-state index contributed by atoms with van der Waals surface area (Å²) in [6.45, 7) is 10.4. The standard InChI is InChI=1S/C19H32O7/c1-2-5-20-12-19(15-23-10-18-11-26-18,13-21-8-16-3-6-24-16)14-22-9-17-4-7-25-17/h2,16-18H,1,3-15H2. The van der Waals surface area contributed by atoms with Crippen molar-refractivity contribution in [1.82, 2.24) is 0 Å². The van der Waals surface area contributed by atoms with E-state index in [4.69, 9.17) is 33.2 Å². The van der Waals surface area contributed by atoms with Gasteiger partial charge in [0.05, 0.1) is 77.1 Å². The van der Waals surface area contributed by atoms with Gasteiger partial charge in [-0.15, -0.1) is 6.58 Å². The minimum atomic E-state index is -0.370. The van der Waals surface area contributed by atoms with E-state index >= 15 is 0 Å². The maximum Gasteiger partial charge on any atom is 0.104 e. The maximum absolute atomic E-state index is 5.95. The van der Waals surface area contributed by atoms with Crippen LogP contribution in [0, 0.1) is 5.41 Å². The summed E-state index contributed by atoms with van der Waals surface area (Å²) in [6, 6.07) is 0. The summed E-state index contributed by atoms with van der Waals surface area (Å²) in [6.07, 6.45) is 4.53. The lowest BCUT2D eigenvalue weighted by molar-refractivity contribution is -0.150. The molecule has 150 valence electrons. The summed E-state index contributed by atoms with van der Waals surface area (Å²) in [7, 11) is 0. The quantitative estimate of drug-likeness (QED) is 0.229. The van der Waals surface area contributed by atoms with E-state index in [1.54, 1.807) is 6.08 Å². The first-order chi connectivity index (χ1) is 12.8. The number of hydrogen-bond donors (Lipinski definition) is 0. The third-order valence-electron chi connectivity index (χ3n) is 4.77. The summed E-state index contributed by atoms with van der Waals surface area (Å²) in [4.78, 5) is 0. The minimum Gasteiger partial charge on any atom is -0.378 e. The van der Waals surface area contributed by atoms with Crippen LogP contribution in [0.2, 0.25) is 0 Å². The highest BCUT2D eigenvalue weighted by atomic mass is 16.6. The van der Waals surface area contributed by atoms with Crippen LogP contribution < -0.4 is 0 Å². The van der Waals surface area contributed by atoms with Crippen molar-refractivity contribution >= 4 is 0 Å². The summed E-state index contributed by atoms with van der Waals surface area (Å²) in [5.41, 5.74) is -0.370. The molecule has 26 heavy (non-hydrogen) atoms. The summed E-state index contributed by atoms with van der Waals surface area (Å²) >= 11 is 0. The lowest BCUT2D eigenvalue weighted by atomic mass is 9.92. The van der Waals surface area contributed by atoms with Crippen LogP contribution in [0.15, 0.2) is 12.7 Å². The van der Waals surface area contributed by atoms with Crippen molar-refractivity contribution in [3.63, 3.8) is 0 Å². The molecule has 0 N–H and O–H groups in total. The minimum absolute atomic E-state index is 0.215. The molecule has 0 aromatic rings. The molecule has 3 aliphatic heterocycles. The predicted molar refractivity (Wildman–Crippen MR) is 94.4 cm³/mol. The highest BCUT2D eigenvalue weighted by Crippen LogP contribution is 2.24. The molecule has 7 heteroatoms. The fourth-order valence-electron chi connectivity index (χ4n) is 2.83. The van der Waals surface area contributed by atoms with Crippen molar-refractivity contribution in [2.45, 2.75) is 31.2 Å². The molecule has 0 saturated carbocycles. The van der Waals surface area contributed by atoms with Gasteiger partial charge in [0, 0.05) is 13.2 Å². The van der Waals surface area contributed by atoms with E-state index in [1.807, 2.05) is 0 Å². The van der Waals surface area contributed by atoms with Crippen molar-refractivity contribution < 1.29 is 33.2 Å². The van der Waals surface area contributed by atoms with Crippen molar-refractivity contribution in [3.05, 3.63) is 12.7 Å². The highest BCUT2D eigenvalue weighted by molar-refractivity contribution is 4.82. The molecule has 0 radical (unpaired) electrons. The van der Waals surface area contributed by atoms with E-state index in [-0.39, 0.29) is 23.7 Å². The van der Waals surface area contributed by atoms with E-state index in [0.29, 0.717) is 52.9 Å². The van der Waals surface area contributed by atoms with Gasteiger partial charge in [-0.3, -0.25) is 0 Å². The van der Waals surface area contributed by atoms with Crippen LogP contribution in [-0.4, -0.2) is 91.0 Å². The van der Waals surface area contributed by atoms with Gasteiger partial charge in [0.2, 0.25) is 0 Å². The summed E-state index contributed by atoms with van der Waals surface area (Å²) in [5, 5.41) is 0. The van der Waals surface area contributed by atoms with Crippen molar-refractivity contribution in [2.75, 3.05) is 72.7 Å². The second-order valence-electron chi connectivity index (χ2n) is 7.37. The lowest BCUT2D eigenvalue weighted by Crippen LogP contribution is -2.44. The van der Waals surface area contributed by atoms with Crippen molar-refractivity contribution in [2.24, 2.45) is 5.41 Å². The Morgan fingerprint density at radius 1 is 0.769 bits per heavy atom. The van der Waals surface area contributed by atoms with Gasteiger partial charge in [0.1, 0.15) is 6.10 Å². The van der Waals surface area contributed by atoms with Crippen LogP contribution in [0.1, 0.15) is 12.8 Å². The van der Waals surface area contributed by atoms with Gasteiger partial charge < -0.3 is 33.2 Å². The van der Waals surface area contributed by atoms with Crippen LogP contribution in [0.3, 0.4) is 0 Å². The molecular weight excluding hydrogens is 340 g/mol. The molecule has 0 spiro atoms. The average molecular weight is 372 g/mol. The second kappa shape index (κ2) is 10.7. The van der Waals surface area contributed by atoms with E-state index in [9.17, 15) is 0 Å². The highest BCUT2D eigenvalue weighted by Gasteiger charge is 2.35. The largest absolute Gasteiger partial charge is 0.378 e. The summed E-state index contributed by atoms with van der Waals surface area (Å²) < 4.78 is 39.7. The molecule has 0 amide bonds. The Morgan fingerprint density at radius 2 is 1.23 bits per heavy atom. The van der Waals surface area contributed by atoms with Gasteiger partial charge >= 0.3 is 0 Å². The lowest BCUT2D eigenvalue weighted by Gasteiger charge is -2.35. The Balaban J connectivity index is 1.48. The van der Waals surface area contributed by atoms with Crippen LogP contribution in [0.4, 0.5) is 0 Å². The number of rotatable bonds is 16. The van der Waals surface area contributed by atoms with Gasteiger partial charge in [0.15, 0.2) is 0 Å². The van der Waals surface area contributed by atoms with E-state index in [0.717, 1.165) is 32.7 Å². The van der Waals surface area contributed by atoms with Crippen LogP contribution in [-0.2, 0) is 33.2 Å². The molecule has 0 aromatic carbocycles. The maximum atomic E-state index is 5.95. The van der Waals surface area contributed by atoms with Crippen LogP contribution in [0.5, 0.6) is 0 Å². The fraction of sp³-hybridized carbons (Fsp3) is 0.895. The molecule has 3 rings (SSSR count). The first-order valence-electron chi connectivity index (χ1n) is 9.56. The molecule has 0 aliphatic carbocycles. The zero-order valence-electron chi connectivity index (χ0n) is 15.6. The molecule has 3 saturated heterocycles. The Labute approximate surface area is 155 Å². The third-order valence-corrected chi connectivity index (χ3v) is 4.77. The van der Waals surface area contributed by atoms with Gasteiger partial charge in [-0.2, -0.15) is 0 Å². The molecular formula is C19H32O7. The van der Waals surface area contributed by atoms with Gasteiger partial charge in [-0.25, -0.2) is 0 Å². The Morgan fingerprint density at radius 3 is 1.62 bits per heavy atom. The van der Waals surface area contributed by atoms with Gasteiger partial charge in [0.25, 0.3) is 0 Å². The van der Waals surface area contributed by atoms with Crippen LogP contribution >= 0.6 is 0 Å². The SMILES string of the molecule is C=CCOCC(COCC1CCO1)(COCC1CCO1)COCC1CO1. The zero-order chi connectivity index (χ0) is 18.1. The summed E-state index contributed by atoms with van der Waals surface area (Å²) in [5.74, 6) is 0. The number of ether oxygens (including phenoxy) is 7. The molecule has 3 aliphatic rings. The molecule has 0 aromatic heterocycles. The zero-order valence-corrected chi connectivity index (χ0v) is 15.6. The number of hydrogen-bond acceptors (Lipinski definition) is 7. The molecule has 3 fully saturated rings. The van der Waals surface area contributed by atoms with Gasteiger partial charge in [-0.05, 0) is 12.8 Å². The Kier molecular flexibility index (Phi) is 8.32. The molecule has 3 heterocycles. The monoisotopic (exact) mass is 372 g/mol. The van der Waals surface area contributed by atoms with E-state index in [2.05, 4.69) is 6.58 Å². The smallest absolute Gasteiger partial charge is 0.104 e. The second-order valence-corrected chi connectivity index (χ2v) is 7.37. The number of epoxide rings is 1. The van der Waals surface area contributed by atoms with E-state index in [1.165, 1.54) is 0 Å². The Hall–Kier alpha value is -0.540. The Bertz CT molecular complexity index is 385. The molecule has 7 nitrogen and oxygen atoms in total. The predicted octanol–water partition coefficient (Wildman–Crippen LogP) is 1.20. The van der Waals surface area contributed by atoms with Gasteiger partial charge in [-0.1, -0.05) is 6.08 Å².